The molecule has 1 aromatic heterocycles. The number of benzene rings is 2. The van der Waals surface area contributed by atoms with Gasteiger partial charge in [-0.25, -0.2) is 12.8 Å². The molecule has 3 rings (SSSR count). The molecule has 28 heavy (non-hydrogen) atoms. The average Bonchev–Trinajstić information content (AvgIpc) is 3.17. The van der Waals surface area contributed by atoms with Crippen LogP contribution in [-0.4, -0.2) is 20.9 Å². The number of carbonyl (C=O) groups is 1. The topological polar surface area (TPSA) is 75.3 Å². The summed E-state index contributed by atoms with van der Waals surface area (Å²) in [4.78, 5) is 13.2. The van der Waals surface area contributed by atoms with Crippen molar-refractivity contribution in [3.8, 4) is 0 Å². The first-order valence-electron chi connectivity index (χ1n) is 8.24. The number of hydrogen-bond donors (Lipinski definition) is 2. The van der Waals surface area contributed by atoms with E-state index in [9.17, 15) is 17.6 Å². The first kappa shape index (κ1) is 20.3. The van der Waals surface area contributed by atoms with E-state index in [1.807, 2.05) is 17.5 Å². The Hall–Kier alpha value is -2.42. The summed E-state index contributed by atoms with van der Waals surface area (Å²) in [6.45, 7) is 0.513. The molecule has 3 aromatic rings. The van der Waals surface area contributed by atoms with Gasteiger partial charge in [-0.2, -0.15) is 0 Å². The number of anilines is 1. The van der Waals surface area contributed by atoms with E-state index in [0.717, 1.165) is 24.6 Å². The Morgan fingerprint density at radius 2 is 1.86 bits per heavy atom. The maximum atomic E-state index is 13.2. The molecule has 1 amide bonds. The lowest BCUT2D eigenvalue weighted by atomic mass is 10.2. The summed E-state index contributed by atoms with van der Waals surface area (Å²) in [6.07, 6.45) is 0.752. The van der Waals surface area contributed by atoms with Crippen molar-refractivity contribution in [3.63, 3.8) is 0 Å². The normalized spacial score (nSPS) is 11.2. The van der Waals surface area contributed by atoms with Crippen LogP contribution < -0.4 is 10.0 Å². The number of halogens is 2. The number of nitrogens with one attached hydrogen (secondary N) is 2. The Labute approximate surface area is 171 Å². The number of thiophene rings is 1. The minimum absolute atomic E-state index is 0.158. The van der Waals surface area contributed by atoms with E-state index in [1.165, 1.54) is 29.1 Å². The van der Waals surface area contributed by atoms with E-state index >= 15 is 0 Å². The Bertz CT molecular complexity index is 1070. The first-order valence-corrected chi connectivity index (χ1v) is 11.0. The number of amides is 1. The monoisotopic (exact) mass is 438 g/mol. The third kappa shape index (κ3) is 5.09. The van der Waals surface area contributed by atoms with Crippen LogP contribution in [0, 0.1) is 5.82 Å². The summed E-state index contributed by atoms with van der Waals surface area (Å²) in [7, 11) is -3.93. The van der Waals surface area contributed by atoms with E-state index in [0.29, 0.717) is 12.1 Å². The van der Waals surface area contributed by atoms with Gasteiger partial charge in [-0.3, -0.25) is 9.52 Å². The van der Waals surface area contributed by atoms with Crippen LogP contribution in [0.5, 0.6) is 0 Å². The van der Waals surface area contributed by atoms with Gasteiger partial charge in [0.15, 0.2) is 0 Å². The maximum Gasteiger partial charge on any atom is 0.261 e. The summed E-state index contributed by atoms with van der Waals surface area (Å²) in [5, 5.41) is 4.52. The van der Waals surface area contributed by atoms with Crippen LogP contribution in [0.2, 0.25) is 5.02 Å². The Morgan fingerprint density at radius 3 is 2.50 bits per heavy atom. The zero-order chi connectivity index (χ0) is 20.1. The van der Waals surface area contributed by atoms with E-state index < -0.39 is 15.8 Å². The van der Waals surface area contributed by atoms with Gasteiger partial charge in [-0.05, 0) is 60.3 Å². The molecule has 9 heteroatoms. The number of rotatable bonds is 7. The molecule has 0 bridgehead atoms. The molecule has 2 N–H and O–H groups in total. The molecule has 5 nitrogen and oxygen atoms in total. The fraction of sp³-hybridized carbons (Fsp3) is 0.105. The molecule has 0 saturated carbocycles. The molecule has 146 valence electrons. The van der Waals surface area contributed by atoms with Crippen molar-refractivity contribution in [2.45, 2.75) is 11.3 Å². The Balaban J connectivity index is 1.61. The summed E-state index contributed by atoms with van der Waals surface area (Å²) in [6, 6.07) is 13.1. The Morgan fingerprint density at radius 1 is 1.11 bits per heavy atom. The van der Waals surface area contributed by atoms with Gasteiger partial charge in [0.2, 0.25) is 0 Å². The Kier molecular flexibility index (Phi) is 6.33. The molecule has 0 spiro atoms. The molecule has 2 aromatic carbocycles. The summed E-state index contributed by atoms with van der Waals surface area (Å²) < 4.78 is 40.3. The van der Waals surface area contributed by atoms with E-state index in [2.05, 4.69) is 10.0 Å². The van der Waals surface area contributed by atoms with Crippen LogP contribution in [-0.2, 0) is 16.4 Å². The first-order chi connectivity index (χ1) is 13.3. The lowest BCUT2D eigenvalue weighted by Crippen LogP contribution is -2.25. The third-order valence-electron chi connectivity index (χ3n) is 3.84. The van der Waals surface area contributed by atoms with Crippen molar-refractivity contribution in [1.82, 2.24) is 5.32 Å². The van der Waals surface area contributed by atoms with Crippen molar-refractivity contribution in [3.05, 3.63) is 81.3 Å². The van der Waals surface area contributed by atoms with Crippen molar-refractivity contribution < 1.29 is 17.6 Å². The average molecular weight is 439 g/mol. The molecule has 0 aliphatic rings. The van der Waals surface area contributed by atoms with Gasteiger partial charge < -0.3 is 5.32 Å². The van der Waals surface area contributed by atoms with Crippen molar-refractivity contribution in [1.29, 1.82) is 0 Å². The van der Waals surface area contributed by atoms with Gasteiger partial charge in [0.05, 0.1) is 9.92 Å². The van der Waals surface area contributed by atoms with Crippen molar-refractivity contribution >= 4 is 44.6 Å². The second kappa shape index (κ2) is 8.72. The van der Waals surface area contributed by atoms with Crippen LogP contribution in [0.4, 0.5) is 10.1 Å². The second-order valence-corrected chi connectivity index (χ2v) is 8.97. The minimum Gasteiger partial charge on any atom is -0.352 e. The number of hydrogen-bond acceptors (Lipinski definition) is 4. The quantitative estimate of drug-likeness (QED) is 0.577. The summed E-state index contributed by atoms with van der Waals surface area (Å²) >= 11 is 7.27. The van der Waals surface area contributed by atoms with Crippen LogP contribution in [0.1, 0.15) is 15.2 Å². The van der Waals surface area contributed by atoms with Gasteiger partial charge >= 0.3 is 0 Å². The maximum absolute atomic E-state index is 13.2. The number of carbonyl (C=O) groups excluding carboxylic acids is 1. The fourth-order valence-electron chi connectivity index (χ4n) is 2.40. The van der Waals surface area contributed by atoms with Crippen LogP contribution in [0.15, 0.2) is 64.9 Å². The predicted molar refractivity (Wildman–Crippen MR) is 109 cm³/mol. The minimum atomic E-state index is -3.93. The third-order valence-corrected chi connectivity index (χ3v) is 6.44. The SMILES string of the molecule is O=C(NCCc1cccs1)c1ccc(NS(=O)(=O)c2ccc(F)c(Cl)c2)cc1. The molecule has 1 heterocycles. The molecule has 0 unspecified atom stereocenters. The molecule has 0 aliphatic carbocycles. The van der Waals surface area contributed by atoms with Crippen molar-refractivity contribution in [2.75, 3.05) is 11.3 Å². The van der Waals surface area contributed by atoms with Gasteiger partial charge in [0, 0.05) is 22.7 Å². The van der Waals surface area contributed by atoms with E-state index in [-0.39, 0.29) is 21.5 Å². The highest BCUT2D eigenvalue weighted by atomic mass is 35.5. The highest BCUT2D eigenvalue weighted by molar-refractivity contribution is 7.92. The van der Waals surface area contributed by atoms with Gasteiger partial charge in [-0.1, -0.05) is 17.7 Å². The van der Waals surface area contributed by atoms with E-state index in [4.69, 9.17) is 11.6 Å². The van der Waals surface area contributed by atoms with Gasteiger partial charge in [0.25, 0.3) is 15.9 Å². The lowest BCUT2D eigenvalue weighted by Gasteiger charge is -2.10. The molecule has 0 aliphatic heterocycles. The molecular formula is C19H16ClFN2O3S2. The van der Waals surface area contributed by atoms with E-state index in [1.54, 1.807) is 11.3 Å². The largest absolute Gasteiger partial charge is 0.352 e. The molecule has 0 atom stereocenters. The van der Waals surface area contributed by atoms with Crippen LogP contribution in [0.3, 0.4) is 0 Å². The molecule has 0 fully saturated rings. The van der Waals surface area contributed by atoms with Gasteiger partial charge in [0.1, 0.15) is 5.82 Å². The number of sulfonamides is 1. The zero-order valence-corrected chi connectivity index (χ0v) is 16.9. The molecule has 0 radical (unpaired) electrons. The molecule has 0 saturated heterocycles. The van der Waals surface area contributed by atoms with Crippen molar-refractivity contribution in [2.24, 2.45) is 0 Å². The van der Waals surface area contributed by atoms with Crippen LogP contribution >= 0.6 is 22.9 Å². The standard InChI is InChI=1S/C19H16ClFN2O3S2/c20-17-12-16(7-8-18(17)21)28(25,26)23-14-5-3-13(4-6-14)19(24)22-10-9-15-2-1-11-27-15/h1-8,11-12,23H,9-10H2,(H,22,24). The predicted octanol–water partition coefficient (Wildman–Crippen LogP) is 4.31. The summed E-state index contributed by atoms with van der Waals surface area (Å²) in [5.74, 6) is -0.939. The second-order valence-electron chi connectivity index (χ2n) is 5.84. The smallest absolute Gasteiger partial charge is 0.261 e. The highest BCUT2D eigenvalue weighted by Crippen LogP contribution is 2.22. The lowest BCUT2D eigenvalue weighted by molar-refractivity contribution is 0.0954. The van der Waals surface area contributed by atoms with Crippen LogP contribution in [0.25, 0.3) is 0 Å². The zero-order valence-electron chi connectivity index (χ0n) is 14.5. The summed E-state index contributed by atoms with van der Waals surface area (Å²) in [5.41, 5.74) is 0.689. The molecular weight excluding hydrogens is 423 g/mol. The highest BCUT2D eigenvalue weighted by Gasteiger charge is 2.16. The fourth-order valence-corrected chi connectivity index (χ4v) is 4.44. The van der Waals surface area contributed by atoms with Gasteiger partial charge in [-0.15, -0.1) is 11.3 Å².